The maximum absolute atomic E-state index is 12.6. The molecular weight excluding hydrogens is 294 g/mol. The zero-order valence-electron chi connectivity index (χ0n) is 13.5. The van der Waals surface area contributed by atoms with E-state index in [-0.39, 0.29) is 11.8 Å². The predicted molar refractivity (Wildman–Crippen MR) is 85.3 cm³/mol. The van der Waals surface area contributed by atoms with E-state index in [1.54, 1.807) is 23.2 Å². The van der Waals surface area contributed by atoms with Crippen molar-refractivity contribution in [1.29, 1.82) is 0 Å². The highest BCUT2D eigenvalue weighted by molar-refractivity contribution is 5.98. The number of piperidine rings is 1. The number of morpholine rings is 1. The lowest BCUT2D eigenvalue weighted by atomic mass is 9.99. The van der Waals surface area contributed by atoms with Gasteiger partial charge in [-0.3, -0.25) is 14.6 Å². The minimum atomic E-state index is -0.0754. The van der Waals surface area contributed by atoms with Gasteiger partial charge in [-0.25, -0.2) is 0 Å². The van der Waals surface area contributed by atoms with E-state index in [1.165, 1.54) is 0 Å². The summed E-state index contributed by atoms with van der Waals surface area (Å²) in [4.78, 5) is 32.9. The summed E-state index contributed by atoms with van der Waals surface area (Å²) in [6.45, 7) is 6.06. The van der Waals surface area contributed by atoms with E-state index in [1.807, 2.05) is 4.90 Å². The van der Waals surface area contributed by atoms with E-state index >= 15 is 0 Å². The molecule has 0 N–H and O–H groups in total. The third-order valence-electron chi connectivity index (χ3n) is 4.60. The van der Waals surface area contributed by atoms with Gasteiger partial charge in [-0.2, -0.15) is 0 Å². The smallest absolute Gasteiger partial charge is 0.272 e. The highest BCUT2D eigenvalue weighted by atomic mass is 16.5. The summed E-state index contributed by atoms with van der Waals surface area (Å²) in [6.07, 6.45) is 3.60. The minimum Gasteiger partial charge on any atom is -0.378 e. The van der Waals surface area contributed by atoms with Crippen LogP contribution >= 0.6 is 0 Å². The second-order valence-corrected chi connectivity index (χ2v) is 6.31. The Morgan fingerprint density at radius 3 is 2.43 bits per heavy atom. The Balaban J connectivity index is 1.71. The lowest BCUT2D eigenvalue weighted by molar-refractivity contribution is 0.0303. The van der Waals surface area contributed by atoms with Gasteiger partial charge in [0.05, 0.1) is 13.2 Å². The summed E-state index contributed by atoms with van der Waals surface area (Å²) < 4.78 is 5.27. The van der Waals surface area contributed by atoms with Crippen molar-refractivity contribution >= 4 is 11.8 Å². The second kappa shape index (κ2) is 7.08. The van der Waals surface area contributed by atoms with Gasteiger partial charge in [0.1, 0.15) is 5.69 Å². The van der Waals surface area contributed by atoms with Crippen molar-refractivity contribution in [2.45, 2.75) is 19.8 Å². The average molecular weight is 317 g/mol. The number of carbonyl (C=O) groups is 2. The number of likely N-dealkylation sites (tertiary alicyclic amines) is 1. The summed E-state index contributed by atoms with van der Waals surface area (Å²) >= 11 is 0. The number of hydrogen-bond acceptors (Lipinski definition) is 4. The third-order valence-corrected chi connectivity index (χ3v) is 4.60. The Bertz CT molecular complexity index is 576. The Labute approximate surface area is 136 Å². The van der Waals surface area contributed by atoms with Crippen LogP contribution in [0.4, 0.5) is 0 Å². The van der Waals surface area contributed by atoms with Gasteiger partial charge in [-0.05, 0) is 30.9 Å². The second-order valence-electron chi connectivity index (χ2n) is 6.31. The Morgan fingerprint density at radius 2 is 1.74 bits per heavy atom. The molecule has 0 radical (unpaired) electrons. The molecule has 3 heterocycles. The first-order valence-electron chi connectivity index (χ1n) is 8.27. The van der Waals surface area contributed by atoms with E-state index in [4.69, 9.17) is 4.74 Å². The van der Waals surface area contributed by atoms with Crippen LogP contribution in [0.25, 0.3) is 0 Å². The molecule has 0 aromatic carbocycles. The lowest BCUT2D eigenvalue weighted by Gasteiger charge is -2.30. The summed E-state index contributed by atoms with van der Waals surface area (Å²) in [5.74, 6) is 0.534. The molecule has 2 fully saturated rings. The number of aromatic nitrogens is 1. The molecule has 124 valence electrons. The number of hydrogen-bond donors (Lipinski definition) is 0. The van der Waals surface area contributed by atoms with Crippen molar-refractivity contribution < 1.29 is 14.3 Å². The van der Waals surface area contributed by atoms with Crippen LogP contribution in [0.15, 0.2) is 18.3 Å². The molecule has 0 spiro atoms. The molecule has 0 aliphatic carbocycles. The highest BCUT2D eigenvalue weighted by Gasteiger charge is 2.24. The monoisotopic (exact) mass is 317 g/mol. The van der Waals surface area contributed by atoms with Gasteiger partial charge in [-0.15, -0.1) is 0 Å². The first kappa shape index (κ1) is 15.9. The number of ether oxygens (including phenoxy) is 1. The fraction of sp³-hybridized carbons (Fsp3) is 0.588. The predicted octanol–water partition coefficient (Wildman–Crippen LogP) is 1.43. The molecule has 0 atom stereocenters. The van der Waals surface area contributed by atoms with Crippen molar-refractivity contribution in [1.82, 2.24) is 14.8 Å². The van der Waals surface area contributed by atoms with Crippen LogP contribution < -0.4 is 0 Å². The van der Waals surface area contributed by atoms with E-state index in [0.717, 1.165) is 25.9 Å². The van der Waals surface area contributed by atoms with Crippen molar-refractivity contribution in [3.8, 4) is 0 Å². The van der Waals surface area contributed by atoms with Crippen molar-refractivity contribution in [3.05, 3.63) is 29.6 Å². The number of pyridine rings is 1. The summed E-state index contributed by atoms with van der Waals surface area (Å²) in [5.41, 5.74) is 0.884. The standard InChI is InChI=1S/C17H23N3O3/c1-13-3-6-19(7-4-13)17(22)15-12-14(2-5-18-15)16(21)20-8-10-23-11-9-20/h2,5,12-13H,3-4,6-11H2,1H3. The van der Waals surface area contributed by atoms with Gasteiger partial charge in [0.25, 0.3) is 11.8 Å². The summed E-state index contributed by atoms with van der Waals surface area (Å²) in [6, 6.07) is 3.30. The Kier molecular flexibility index (Phi) is 4.91. The lowest BCUT2D eigenvalue weighted by Crippen LogP contribution is -2.41. The average Bonchev–Trinajstić information content (AvgIpc) is 2.62. The highest BCUT2D eigenvalue weighted by Crippen LogP contribution is 2.18. The summed E-state index contributed by atoms with van der Waals surface area (Å²) in [5, 5.41) is 0. The maximum atomic E-state index is 12.6. The van der Waals surface area contributed by atoms with Gasteiger partial charge < -0.3 is 14.5 Å². The van der Waals surface area contributed by atoms with Crippen LogP contribution in [0.2, 0.25) is 0 Å². The molecular formula is C17H23N3O3. The fourth-order valence-corrected chi connectivity index (χ4v) is 3.00. The van der Waals surface area contributed by atoms with E-state index in [0.29, 0.717) is 43.5 Å². The Hall–Kier alpha value is -1.95. The number of carbonyl (C=O) groups excluding carboxylic acids is 2. The molecule has 3 rings (SSSR count). The molecule has 6 nitrogen and oxygen atoms in total. The van der Waals surface area contributed by atoms with Gasteiger partial charge >= 0.3 is 0 Å². The number of amides is 2. The zero-order chi connectivity index (χ0) is 16.2. The van der Waals surface area contributed by atoms with Crippen LogP contribution in [0.5, 0.6) is 0 Å². The molecule has 2 aliphatic heterocycles. The molecule has 2 amide bonds. The van der Waals surface area contributed by atoms with Gasteiger partial charge in [0.2, 0.25) is 0 Å². The normalized spacial score (nSPS) is 19.7. The minimum absolute atomic E-state index is 0.0583. The molecule has 23 heavy (non-hydrogen) atoms. The molecule has 1 aromatic heterocycles. The number of nitrogens with zero attached hydrogens (tertiary/aromatic N) is 3. The molecule has 2 saturated heterocycles. The van der Waals surface area contributed by atoms with E-state index in [9.17, 15) is 9.59 Å². The van der Waals surface area contributed by atoms with Crippen LogP contribution in [0.1, 0.15) is 40.6 Å². The molecule has 1 aromatic rings. The number of rotatable bonds is 2. The van der Waals surface area contributed by atoms with E-state index < -0.39 is 0 Å². The van der Waals surface area contributed by atoms with Crippen molar-refractivity contribution in [2.75, 3.05) is 39.4 Å². The SMILES string of the molecule is CC1CCN(C(=O)c2cc(C(=O)N3CCOCC3)ccn2)CC1. The molecule has 0 saturated carbocycles. The van der Waals surface area contributed by atoms with Crippen molar-refractivity contribution in [2.24, 2.45) is 5.92 Å². The van der Waals surface area contributed by atoms with Gasteiger partial charge in [0.15, 0.2) is 0 Å². The molecule has 6 heteroatoms. The quantitative estimate of drug-likeness (QED) is 0.828. The van der Waals surface area contributed by atoms with Crippen LogP contribution in [-0.2, 0) is 4.74 Å². The topological polar surface area (TPSA) is 62.7 Å². The first-order chi connectivity index (χ1) is 11.1. The molecule has 2 aliphatic rings. The van der Waals surface area contributed by atoms with Crippen LogP contribution in [-0.4, -0.2) is 66.0 Å². The van der Waals surface area contributed by atoms with Gasteiger partial charge in [-0.1, -0.05) is 6.92 Å². The largest absolute Gasteiger partial charge is 0.378 e. The Morgan fingerprint density at radius 1 is 1.09 bits per heavy atom. The molecule has 0 unspecified atom stereocenters. The zero-order valence-corrected chi connectivity index (χ0v) is 13.5. The van der Waals surface area contributed by atoms with Gasteiger partial charge in [0, 0.05) is 37.9 Å². The fourth-order valence-electron chi connectivity index (χ4n) is 3.00. The summed E-state index contributed by atoms with van der Waals surface area (Å²) in [7, 11) is 0. The molecule has 0 bridgehead atoms. The van der Waals surface area contributed by atoms with Crippen LogP contribution in [0, 0.1) is 5.92 Å². The van der Waals surface area contributed by atoms with Crippen molar-refractivity contribution in [3.63, 3.8) is 0 Å². The van der Waals surface area contributed by atoms with E-state index in [2.05, 4.69) is 11.9 Å². The maximum Gasteiger partial charge on any atom is 0.272 e. The first-order valence-corrected chi connectivity index (χ1v) is 8.27. The van der Waals surface area contributed by atoms with Crippen LogP contribution in [0.3, 0.4) is 0 Å². The third kappa shape index (κ3) is 3.69.